The van der Waals surface area contributed by atoms with Crippen molar-refractivity contribution < 1.29 is 26.8 Å². The number of Topliss-reactive ketones (excluding diaryl/α,β-unsaturated/α-hetero) is 1. The average molecular weight is 451 g/mol. The minimum absolute atomic E-state index is 0.163. The van der Waals surface area contributed by atoms with Crippen molar-refractivity contribution in [3.8, 4) is 0 Å². The molecule has 1 aliphatic heterocycles. The van der Waals surface area contributed by atoms with E-state index < -0.39 is 21.7 Å². The molecular weight excluding hydrogens is 426 g/mol. The van der Waals surface area contributed by atoms with E-state index in [0.717, 1.165) is 30.2 Å². The van der Waals surface area contributed by atoms with Crippen LogP contribution in [-0.4, -0.2) is 44.7 Å². The number of rotatable bonds is 8. The number of nitrogens with zero attached hydrogens (tertiary/aromatic N) is 1. The maximum Gasteiger partial charge on any atom is 0.229 e. The number of piperidine rings is 1. The second kappa shape index (κ2) is 9.65. The number of likely N-dealkylation sites (tertiary alicyclic amines) is 1. The second-order valence-corrected chi connectivity index (χ2v) is 9.47. The van der Waals surface area contributed by atoms with Crippen molar-refractivity contribution in [2.24, 2.45) is 5.92 Å². The fraction of sp³-hybridized carbons (Fsp3) is 0.364. The molecule has 0 bridgehead atoms. The molecule has 1 N–H and O–H groups in total. The highest BCUT2D eigenvalue weighted by molar-refractivity contribution is 7.92. The fourth-order valence-electron chi connectivity index (χ4n) is 3.93. The van der Waals surface area contributed by atoms with Crippen LogP contribution < -0.4 is 4.72 Å². The van der Waals surface area contributed by atoms with Gasteiger partial charge in [0.15, 0.2) is 17.4 Å². The number of benzene rings is 2. The predicted molar refractivity (Wildman–Crippen MR) is 113 cm³/mol. The van der Waals surface area contributed by atoms with Crippen LogP contribution in [0.25, 0.3) is 0 Å². The Kier molecular flexibility index (Phi) is 7.17. The summed E-state index contributed by atoms with van der Waals surface area (Å²) in [4.78, 5) is 26.0. The predicted octanol–water partition coefficient (Wildman–Crippen LogP) is 3.56. The van der Waals surface area contributed by atoms with Crippen LogP contribution in [0.4, 0.5) is 14.5 Å². The molecule has 6 nitrogen and oxygen atoms in total. The number of carbonyl (C=O) groups is 2. The Labute approximate surface area is 180 Å². The average Bonchev–Trinajstić information content (AvgIpc) is 2.73. The quantitative estimate of drug-likeness (QED) is 0.491. The van der Waals surface area contributed by atoms with E-state index in [4.69, 9.17) is 0 Å². The molecule has 1 unspecified atom stereocenters. The van der Waals surface area contributed by atoms with Crippen LogP contribution in [-0.2, 0) is 14.8 Å². The number of hydrogen-bond acceptors (Lipinski definition) is 5. The van der Waals surface area contributed by atoms with Crippen molar-refractivity contribution in [1.29, 1.82) is 0 Å². The molecule has 0 aliphatic carbocycles. The first kappa shape index (κ1) is 23.0. The van der Waals surface area contributed by atoms with Crippen LogP contribution in [0.1, 0.15) is 41.2 Å². The summed E-state index contributed by atoms with van der Waals surface area (Å²) < 4.78 is 51.7. The first-order chi connectivity index (χ1) is 14.7. The van der Waals surface area contributed by atoms with Crippen molar-refractivity contribution in [3.05, 3.63) is 65.2 Å². The van der Waals surface area contributed by atoms with E-state index in [0.29, 0.717) is 31.6 Å². The van der Waals surface area contributed by atoms with Gasteiger partial charge in [-0.1, -0.05) is 12.1 Å². The van der Waals surface area contributed by atoms with Crippen molar-refractivity contribution in [3.63, 3.8) is 0 Å². The topological polar surface area (TPSA) is 83.6 Å². The van der Waals surface area contributed by atoms with Gasteiger partial charge in [0.1, 0.15) is 6.29 Å². The third-order valence-corrected chi connectivity index (χ3v) is 6.07. The first-order valence-corrected chi connectivity index (χ1v) is 11.8. The zero-order chi connectivity index (χ0) is 22.6. The van der Waals surface area contributed by atoms with Gasteiger partial charge < -0.3 is 4.79 Å². The number of carbonyl (C=O) groups excluding carboxylic acids is 2. The molecule has 0 aromatic heterocycles. The smallest absolute Gasteiger partial charge is 0.229 e. The lowest BCUT2D eigenvalue weighted by Crippen LogP contribution is -2.39. The normalized spacial score (nSPS) is 16.6. The van der Waals surface area contributed by atoms with Crippen molar-refractivity contribution in [2.75, 3.05) is 24.1 Å². The zero-order valence-corrected chi connectivity index (χ0v) is 17.9. The molecular formula is C22H24F2N2O4S. The number of sulfonamides is 1. The summed E-state index contributed by atoms with van der Waals surface area (Å²) in [6.07, 6.45) is 3.26. The van der Waals surface area contributed by atoms with Crippen LogP contribution in [0.15, 0.2) is 42.5 Å². The summed E-state index contributed by atoms with van der Waals surface area (Å²) in [6, 6.07) is 9.85. The Hall–Kier alpha value is -2.65. The van der Waals surface area contributed by atoms with Gasteiger partial charge >= 0.3 is 0 Å². The van der Waals surface area contributed by atoms with Gasteiger partial charge in [0.25, 0.3) is 0 Å². The Morgan fingerprint density at radius 1 is 1.13 bits per heavy atom. The lowest BCUT2D eigenvalue weighted by molar-refractivity contribution is -0.109. The summed E-state index contributed by atoms with van der Waals surface area (Å²) in [5.41, 5.74) is 1.47. The summed E-state index contributed by atoms with van der Waals surface area (Å²) in [6.45, 7) is 1.14. The molecule has 2 aromatic rings. The largest absolute Gasteiger partial charge is 0.303 e. The van der Waals surface area contributed by atoms with E-state index in [1.54, 1.807) is 24.3 Å². The third-order valence-electron chi connectivity index (χ3n) is 5.46. The highest BCUT2D eigenvalue weighted by Crippen LogP contribution is 2.31. The molecule has 1 aliphatic rings. The van der Waals surface area contributed by atoms with Gasteiger partial charge in [0.05, 0.1) is 6.26 Å². The number of nitrogens with one attached hydrogen (secondary N) is 1. The number of aldehydes is 1. The van der Waals surface area contributed by atoms with Crippen LogP contribution >= 0.6 is 0 Å². The molecule has 9 heteroatoms. The van der Waals surface area contributed by atoms with E-state index in [1.807, 2.05) is 0 Å². The molecule has 3 rings (SSSR count). The Balaban J connectivity index is 1.67. The standard InChI is InChI=1S/C22H24F2N2O4S/c1-31(29,30)25-18-5-2-15(3-6-18)21(10-13-27)26-11-8-16(9-12-26)22(28)17-4-7-19(23)20(24)14-17/h2-7,13-14,16,21,25H,8-12H2,1H3. The van der Waals surface area contributed by atoms with Crippen molar-refractivity contribution in [1.82, 2.24) is 4.90 Å². The van der Waals surface area contributed by atoms with E-state index in [1.165, 1.54) is 6.07 Å². The molecule has 0 amide bonds. The molecule has 166 valence electrons. The maximum absolute atomic E-state index is 13.5. The van der Waals surface area contributed by atoms with Gasteiger partial charge in [-0.2, -0.15) is 0 Å². The molecule has 1 saturated heterocycles. The molecule has 0 saturated carbocycles. The van der Waals surface area contributed by atoms with Crippen LogP contribution in [0, 0.1) is 17.6 Å². The molecule has 1 atom stereocenters. The van der Waals surface area contributed by atoms with E-state index in [9.17, 15) is 26.8 Å². The molecule has 31 heavy (non-hydrogen) atoms. The highest BCUT2D eigenvalue weighted by Gasteiger charge is 2.30. The van der Waals surface area contributed by atoms with Gasteiger partial charge in [-0.25, -0.2) is 17.2 Å². The van der Waals surface area contributed by atoms with Gasteiger partial charge in [-0.3, -0.25) is 14.4 Å². The Bertz CT molecular complexity index is 1050. The zero-order valence-electron chi connectivity index (χ0n) is 17.1. The lowest BCUT2D eigenvalue weighted by atomic mass is 9.87. The maximum atomic E-state index is 13.5. The first-order valence-electron chi connectivity index (χ1n) is 9.92. The molecule has 0 spiro atoms. The SMILES string of the molecule is CS(=O)(=O)Nc1ccc(C(CC=O)N2CCC(C(=O)c3ccc(F)c(F)c3)CC2)cc1. The van der Waals surface area contributed by atoms with Gasteiger partial charge in [-0.05, 0) is 61.8 Å². The van der Waals surface area contributed by atoms with Crippen LogP contribution in [0.5, 0.6) is 0 Å². The number of ketones is 1. The third kappa shape index (κ3) is 5.95. The fourth-order valence-corrected chi connectivity index (χ4v) is 4.50. The van der Waals surface area contributed by atoms with E-state index in [-0.39, 0.29) is 29.7 Å². The monoisotopic (exact) mass is 450 g/mol. The molecule has 1 heterocycles. The minimum Gasteiger partial charge on any atom is -0.303 e. The summed E-state index contributed by atoms with van der Waals surface area (Å²) in [5, 5.41) is 0. The number of anilines is 1. The highest BCUT2D eigenvalue weighted by atomic mass is 32.2. The van der Waals surface area contributed by atoms with Crippen molar-refractivity contribution in [2.45, 2.75) is 25.3 Å². The molecule has 0 radical (unpaired) electrons. The van der Waals surface area contributed by atoms with Gasteiger partial charge in [-0.15, -0.1) is 0 Å². The Morgan fingerprint density at radius 2 is 1.77 bits per heavy atom. The molecule has 1 fully saturated rings. The van der Waals surface area contributed by atoms with Gasteiger partial charge in [0, 0.05) is 29.6 Å². The summed E-state index contributed by atoms with van der Waals surface area (Å²) >= 11 is 0. The summed E-state index contributed by atoms with van der Waals surface area (Å²) in [5.74, 6) is -2.52. The number of hydrogen-bond donors (Lipinski definition) is 1. The van der Waals surface area contributed by atoms with Crippen LogP contribution in [0.2, 0.25) is 0 Å². The number of halogens is 2. The van der Waals surface area contributed by atoms with E-state index >= 15 is 0 Å². The van der Waals surface area contributed by atoms with E-state index in [2.05, 4.69) is 9.62 Å². The van der Waals surface area contributed by atoms with Crippen molar-refractivity contribution >= 4 is 27.8 Å². The van der Waals surface area contributed by atoms with Crippen LogP contribution in [0.3, 0.4) is 0 Å². The second-order valence-electron chi connectivity index (χ2n) is 7.72. The summed E-state index contributed by atoms with van der Waals surface area (Å²) in [7, 11) is -3.38. The minimum atomic E-state index is -3.38. The molecule has 2 aromatic carbocycles. The Morgan fingerprint density at radius 3 is 2.32 bits per heavy atom. The lowest BCUT2D eigenvalue weighted by Gasteiger charge is -2.37. The van der Waals surface area contributed by atoms with Gasteiger partial charge in [0.2, 0.25) is 10.0 Å².